The number of amides is 1. The Labute approximate surface area is 174 Å². The van der Waals surface area contributed by atoms with E-state index in [2.05, 4.69) is 5.32 Å². The molecule has 1 heterocycles. The summed E-state index contributed by atoms with van der Waals surface area (Å²) in [4.78, 5) is 17.4. The Kier molecular flexibility index (Phi) is 5.75. The van der Waals surface area contributed by atoms with Crippen LogP contribution >= 0.6 is 0 Å². The van der Waals surface area contributed by atoms with Crippen LogP contribution in [0.2, 0.25) is 0 Å². The third-order valence-corrected chi connectivity index (χ3v) is 4.96. The Morgan fingerprint density at radius 3 is 2.43 bits per heavy atom. The van der Waals surface area contributed by atoms with Crippen LogP contribution in [0, 0.1) is 5.82 Å². The van der Waals surface area contributed by atoms with Gasteiger partial charge in [0.2, 0.25) is 5.91 Å². The van der Waals surface area contributed by atoms with Crippen molar-refractivity contribution in [3.05, 3.63) is 95.6 Å². The lowest BCUT2D eigenvalue weighted by atomic mass is 10.1. The number of fused-ring (bicyclic) bond motifs is 1. The lowest BCUT2D eigenvalue weighted by Crippen LogP contribution is -2.27. The minimum atomic E-state index is -0.293. The summed E-state index contributed by atoms with van der Waals surface area (Å²) in [6, 6.07) is 21.7. The molecule has 0 bridgehead atoms. The first kappa shape index (κ1) is 19.6. The van der Waals surface area contributed by atoms with Crippen molar-refractivity contribution in [3.63, 3.8) is 0 Å². The van der Waals surface area contributed by atoms with E-state index in [0.29, 0.717) is 13.0 Å². The van der Waals surface area contributed by atoms with Crippen LogP contribution in [-0.2, 0) is 24.3 Å². The standard InChI is InChI=1S/C24H22FN3O2/c1-30-20-12-8-17(9-13-20)14-23-27-21-4-2-3-5-22(21)28(23)16-24(29)26-15-18-6-10-19(25)11-7-18/h2-13H,14-16H2,1H3,(H,26,29). The number of carbonyl (C=O) groups is 1. The summed E-state index contributed by atoms with van der Waals surface area (Å²) < 4.78 is 20.2. The van der Waals surface area contributed by atoms with Crippen LogP contribution in [0.3, 0.4) is 0 Å². The average molecular weight is 403 g/mol. The number of aromatic nitrogens is 2. The van der Waals surface area contributed by atoms with E-state index >= 15 is 0 Å². The maximum atomic E-state index is 13.0. The van der Waals surface area contributed by atoms with Crippen LogP contribution in [0.1, 0.15) is 17.0 Å². The Morgan fingerprint density at radius 1 is 1.00 bits per heavy atom. The van der Waals surface area contributed by atoms with Gasteiger partial charge < -0.3 is 14.6 Å². The zero-order valence-corrected chi connectivity index (χ0v) is 16.6. The first-order valence-corrected chi connectivity index (χ1v) is 9.70. The molecule has 152 valence electrons. The van der Waals surface area contributed by atoms with Crippen molar-refractivity contribution in [2.75, 3.05) is 7.11 Å². The van der Waals surface area contributed by atoms with Crippen molar-refractivity contribution in [2.24, 2.45) is 0 Å². The Balaban J connectivity index is 1.53. The molecule has 0 fully saturated rings. The van der Waals surface area contributed by atoms with Crippen LogP contribution in [-0.4, -0.2) is 22.6 Å². The van der Waals surface area contributed by atoms with Gasteiger partial charge in [0.25, 0.3) is 0 Å². The number of nitrogens with zero attached hydrogens (tertiary/aromatic N) is 2. The number of benzene rings is 3. The molecule has 0 aliphatic carbocycles. The van der Waals surface area contributed by atoms with Crippen LogP contribution in [0.15, 0.2) is 72.8 Å². The molecule has 1 amide bonds. The number of halogens is 1. The van der Waals surface area contributed by atoms with Gasteiger partial charge in [0.15, 0.2) is 0 Å². The van der Waals surface area contributed by atoms with Crippen molar-refractivity contribution < 1.29 is 13.9 Å². The molecule has 0 aliphatic heterocycles. The molecule has 4 rings (SSSR count). The fraction of sp³-hybridized carbons (Fsp3) is 0.167. The van der Waals surface area contributed by atoms with Crippen LogP contribution in [0.5, 0.6) is 5.75 Å². The zero-order valence-electron chi connectivity index (χ0n) is 16.6. The van der Waals surface area contributed by atoms with Gasteiger partial charge in [0.05, 0.1) is 18.1 Å². The van der Waals surface area contributed by atoms with Gasteiger partial charge in [-0.05, 0) is 47.5 Å². The summed E-state index contributed by atoms with van der Waals surface area (Å²) in [6.07, 6.45) is 0.601. The van der Waals surface area contributed by atoms with E-state index in [9.17, 15) is 9.18 Å². The van der Waals surface area contributed by atoms with Gasteiger partial charge in [-0.15, -0.1) is 0 Å². The Bertz CT molecular complexity index is 1150. The van der Waals surface area contributed by atoms with E-state index in [1.807, 2.05) is 53.1 Å². The number of rotatable bonds is 7. The van der Waals surface area contributed by atoms with E-state index < -0.39 is 0 Å². The van der Waals surface area contributed by atoms with Gasteiger partial charge in [-0.3, -0.25) is 4.79 Å². The smallest absolute Gasteiger partial charge is 0.240 e. The summed E-state index contributed by atoms with van der Waals surface area (Å²) >= 11 is 0. The van der Waals surface area contributed by atoms with Gasteiger partial charge in [-0.2, -0.15) is 0 Å². The monoisotopic (exact) mass is 403 g/mol. The molecule has 0 unspecified atom stereocenters. The maximum absolute atomic E-state index is 13.0. The number of imidazole rings is 1. The van der Waals surface area contributed by atoms with E-state index in [4.69, 9.17) is 9.72 Å². The number of para-hydroxylation sites is 2. The molecule has 4 aromatic rings. The summed E-state index contributed by atoms with van der Waals surface area (Å²) in [7, 11) is 1.64. The quantitative estimate of drug-likeness (QED) is 0.506. The Hall–Kier alpha value is -3.67. The highest BCUT2D eigenvalue weighted by molar-refractivity contribution is 5.81. The maximum Gasteiger partial charge on any atom is 0.240 e. The van der Waals surface area contributed by atoms with Crippen molar-refractivity contribution in [2.45, 2.75) is 19.5 Å². The van der Waals surface area contributed by atoms with Crippen LogP contribution in [0.4, 0.5) is 4.39 Å². The molecule has 1 aromatic heterocycles. The van der Waals surface area contributed by atoms with Crippen LogP contribution < -0.4 is 10.1 Å². The summed E-state index contributed by atoms with van der Waals surface area (Å²) in [5.41, 5.74) is 3.70. The van der Waals surface area contributed by atoms with E-state index in [1.54, 1.807) is 19.2 Å². The van der Waals surface area contributed by atoms with Gasteiger partial charge in [0, 0.05) is 13.0 Å². The zero-order chi connectivity index (χ0) is 20.9. The second-order valence-corrected chi connectivity index (χ2v) is 7.03. The van der Waals surface area contributed by atoms with Crippen molar-refractivity contribution in [1.82, 2.24) is 14.9 Å². The largest absolute Gasteiger partial charge is 0.497 e. The van der Waals surface area contributed by atoms with Gasteiger partial charge in [0.1, 0.15) is 23.9 Å². The highest BCUT2D eigenvalue weighted by atomic mass is 19.1. The minimum Gasteiger partial charge on any atom is -0.497 e. The summed E-state index contributed by atoms with van der Waals surface area (Å²) in [5.74, 6) is 1.20. The lowest BCUT2D eigenvalue weighted by molar-refractivity contribution is -0.121. The SMILES string of the molecule is COc1ccc(Cc2nc3ccccc3n2CC(=O)NCc2ccc(F)cc2)cc1. The molecular formula is C24H22FN3O2. The third kappa shape index (κ3) is 4.49. The normalized spacial score (nSPS) is 10.9. The molecule has 30 heavy (non-hydrogen) atoms. The first-order chi connectivity index (χ1) is 14.6. The highest BCUT2D eigenvalue weighted by Crippen LogP contribution is 2.20. The van der Waals surface area contributed by atoms with E-state index in [-0.39, 0.29) is 18.3 Å². The molecule has 1 N–H and O–H groups in total. The van der Waals surface area contributed by atoms with Gasteiger partial charge in [-0.1, -0.05) is 36.4 Å². The van der Waals surface area contributed by atoms with Crippen LogP contribution in [0.25, 0.3) is 11.0 Å². The minimum absolute atomic E-state index is 0.126. The second-order valence-electron chi connectivity index (χ2n) is 7.03. The molecule has 0 saturated heterocycles. The molecular weight excluding hydrogens is 381 g/mol. The molecule has 0 aliphatic rings. The number of hydrogen-bond donors (Lipinski definition) is 1. The molecule has 0 spiro atoms. The van der Waals surface area contributed by atoms with Crippen molar-refractivity contribution in [1.29, 1.82) is 0 Å². The predicted octanol–water partition coefficient (Wildman–Crippen LogP) is 4.09. The number of nitrogens with one attached hydrogen (secondary N) is 1. The molecule has 0 atom stereocenters. The number of methoxy groups -OCH3 is 1. The predicted molar refractivity (Wildman–Crippen MR) is 114 cm³/mol. The molecule has 0 radical (unpaired) electrons. The Morgan fingerprint density at radius 2 is 1.70 bits per heavy atom. The number of hydrogen-bond acceptors (Lipinski definition) is 3. The molecule has 0 saturated carbocycles. The van der Waals surface area contributed by atoms with Gasteiger partial charge >= 0.3 is 0 Å². The molecule has 5 nitrogen and oxygen atoms in total. The lowest BCUT2D eigenvalue weighted by Gasteiger charge is -2.11. The molecule has 6 heteroatoms. The van der Waals surface area contributed by atoms with E-state index in [1.165, 1.54) is 12.1 Å². The fourth-order valence-corrected chi connectivity index (χ4v) is 3.37. The van der Waals surface area contributed by atoms with E-state index in [0.717, 1.165) is 33.7 Å². The average Bonchev–Trinajstić information content (AvgIpc) is 3.11. The van der Waals surface area contributed by atoms with Crippen molar-refractivity contribution >= 4 is 16.9 Å². The summed E-state index contributed by atoms with van der Waals surface area (Å²) in [5, 5.41) is 2.90. The topological polar surface area (TPSA) is 56.2 Å². The number of ether oxygens (including phenoxy) is 1. The van der Waals surface area contributed by atoms with Crippen molar-refractivity contribution in [3.8, 4) is 5.75 Å². The molecule has 3 aromatic carbocycles. The first-order valence-electron chi connectivity index (χ1n) is 9.70. The third-order valence-electron chi connectivity index (χ3n) is 4.96. The fourth-order valence-electron chi connectivity index (χ4n) is 3.37. The summed E-state index contributed by atoms with van der Waals surface area (Å²) in [6.45, 7) is 0.507. The second kappa shape index (κ2) is 8.78. The number of carbonyl (C=O) groups excluding carboxylic acids is 1. The highest BCUT2D eigenvalue weighted by Gasteiger charge is 2.14. The van der Waals surface area contributed by atoms with Gasteiger partial charge in [-0.25, -0.2) is 9.37 Å².